The molecule has 0 aliphatic carbocycles. The molecule has 0 radical (unpaired) electrons. The zero-order valence-electron chi connectivity index (χ0n) is 17.3. The third kappa shape index (κ3) is 5.85. The van der Waals surface area contributed by atoms with Crippen molar-refractivity contribution in [1.82, 2.24) is 9.62 Å². The van der Waals surface area contributed by atoms with Gasteiger partial charge in [0.1, 0.15) is 12.4 Å². The average molecular weight is 423 g/mol. The first-order valence-corrected chi connectivity index (χ1v) is 11.0. The second-order valence-electron chi connectivity index (χ2n) is 7.06. The normalized spacial score (nSPS) is 11.8. The Morgan fingerprint density at radius 3 is 2.17 bits per heavy atom. The van der Waals surface area contributed by atoms with Gasteiger partial charge in [-0.1, -0.05) is 24.3 Å². The fraction of sp³-hybridized carbons (Fsp3) is 0.381. The van der Waals surface area contributed by atoms with E-state index in [4.69, 9.17) is 0 Å². The number of halogens is 1. The maximum atomic E-state index is 14.1. The summed E-state index contributed by atoms with van der Waals surface area (Å²) in [5.41, 5.74) is 1.80. The molecule has 6 nitrogen and oxygen atoms in total. The smallest absolute Gasteiger partial charge is 0.254 e. The van der Waals surface area contributed by atoms with Gasteiger partial charge in [-0.25, -0.2) is 17.1 Å². The van der Waals surface area contributed by atoms with E-state index >= 15 is 0 Å². The molecule has 0 saturated carbocycles. The Kier molecular flexibility index (Phi) is 7.89. The van der Waals surface area contributed by atoms with Crippen LogP contribution in [0.3, 0.4) is 0 Å². The van der Waals surface area contributed by atoms with Crippen LogP contribution in [0.15, 0.2) is 47.4 Å². The first kappa shape index (κ1) is 23.0. The molecule has 0 bridgehead atoms. The van der Waals surface area contributed by atoms with E-state index in [1.807, 2.05) is 24.3 Å². The largest absolute Gasteiger partial charge is 0.348 e. The summed E-state index contributed by atoms with van der Waals surface area (Å²) in [4.78, 5) is 13.8. The monoisotopic (exact) mass is 422 g/mol. The number of rotatable bonds is 9. The topological polar surface area (TPSA) is 70.9 Å². The number of nitrogens with one attached hydrogen (secondary N) is 2. The Balaban J connectivity index is 2.08. The number of benzene rings is 2. The molecule has 2 rings (SSSR count). The number of carbonyl (C=O) groups excluding carboxylic acids is 1. The van der Waals surface area contributed by atoms with E-state index < -0.39 is 21.7 Å². The summed E-state index contributed by atoms with van der Waals surface area (Å²) in [7, 11) is -0.994. The molecule has 0 aliphatic heterocycles. The van der Waals surface area contributed by atoms with Gasteiger partial charge in [0.25, 0.3) is 5.91 Å². The lowest BCUT2D eigenvalue weighted by atomic mass is 10.1. The molecule has 158 valence electrons. The van der Waals surface area contributed by atoms with E-state index in [0.717, 1.165) is 47.7 Å². The minimum absolute atomic E-state index is 0.127. The number of hydrogen-bond donors (Lipinski definition) is 2. The lowest BCUT2D eigenvalue weighted by Gasteiger charge is -2.15. The first-order chi connectivity index (χ1) is 13.7. The summed E-state index contributed by atoms with van der Waals surface area (Å²) in [5.74, 6) is -1.42. The van der Waals surface area contributed by atoms with Gasteiger partial charge in [-0.3, -0.25) is 4.79 Å². The molecule has 0 saturated heterocycles. The second kappa shape index (κ2) is 9.96. The number of carbonyl (C=O) groups is 1. The summed E-state index contributed by atoms with van der Waals surface area (Å²) in [6.07, 6.45) is 0. The molecule has 0 unspecified atom stereocenters. The van der Waals surface area contributed by atoms with Crippen molar-refractivity contribution < 1.29 is 22.5 Å². The number of nitrogens with zero attached hydrogens (tertiary/aromatic N) is 1. The van der Waals surface area contributed by atoms with Gasteiger partial charge >= 0.3 is 0 Å². The molecule has 29 heavy (non-hydrogen) atoms. The fourth-order valence-corrected chi connectivity index (χ4v) is 3.82. The molecule has 0 heterocycles. The van der Waals surface area contributed by atoms with E-state index in [-0.39, 0.29) is 17.0 Å². The molecule has 0 atom stereocenters. The van der Waals surface area contributed by atoms with Crippen molar-refractivity contribution in [1.29, 1.82) is 0 Å². The van der Waals surface area contributed by atoms with Crippen molar-refractivity contribution in [3.8, 4) is 0 Å². The van der Waals surface area contributed by atoms with E-state index in [1.165, 1.54) is 24.6 Å². The Morgan fingerprint density at radius 2 is 1.62 bits per heavy atom. The number of sulfonamides is 1. The zero-order valence-corrected chi connectivity index (χ0v) is 18.1. The highest BCUT2D eigenvalue weighted by atomic mass is 32.2. The molecular weight excluding hydrogens is 393 g/mol. The van der Waals surface area contributed by atoms with Crippen molar-refractivity contribution in [2.75, 3.05) is 27.2 Å². The van der Waals surface area contributed by atoms with Crippen molar-refractivity contribution in [2.24, 2.45) is 0 Å². The van der Waals surface area contributed by atoms with Gasteiger partial charge in [0, 0.05) is 26.2 Å². The van der Waals surface area contributed by atoms with E-state index in [0.29, 0.717) is 0 Å². The molecule has 2 N–H and O–H groups in total. The lowest BCUT2D eigenvalue weighted by molar-refractivity contribution is -0.910. The van der Waals surface area contributed by atoms with Crippen LogP contribution in [-0.4, -0.2) is 45.8 Å². The molecule has 0 aliphatic rings. The standard InChI is InChI=1S/C21H28FN3O3S/c1-5-25(6-2)15-17-9-7-16(8-10-17)14-23-21(26)19-13-18(11-12-20(19)22)29(27,28)24(3)4/h7-13H,5-6,14-15H2,1-4H3,(H,23,26)/p+1. The SMILES string of the molecule is CC[NH+](CC)Cc1ccc(CNC(=O)c2cc(S(=O)(=O)N(C)C)ccc2F)cc1. The van der Waals surface area contributed by atoms with Gasteiger partial charge in [0.05, 0.1) is 23.5 Å². The molecule has 2 aromatic carbocycles. The lowest BCUT2D eigenvalue weighted by Crippen LogP contribution is -3.10. The first-order valence-electron chi connectivity index (χ1n) is 9.60. The molecule has 8 heteroatoms. The van der Waals surface area contributed by atoms with Crippen molar-refractivity contribution in [3.63, 3.8) is 0 Å². The molecule has 1 amide bonds. The molecule has 2 aromatic rings. The zero-order chi connectivity index (χ0) is 21.6. The average Bonchev–Trinajstić information content (AvgIpc) is 2.71. The van der Waals surface area contributed by atoms with Crippen LogP contribution in [0.4, 0.5) is 4.39 Å². The van der Waals surface area contributed by atoms with Crippen LogP contribution in [0.25, 0.3) is 0 Å². The van der Waals surface area contributed by atoms with Gasteiger partial charge in [-0.15, -0.1) is 0 Å². The van der Waals surface area contributed by atoms with Crippen LogP contribution >= 0.6 is 0 Å². The van der Waals surface area contributed by atoms with Gasteiger partial charge in [0.2, 0.25) is 10.0 Å². The third-order valence-electron chi connectivity index (χ3n) is 4.89. The minimum atomic E-state index is -3.75. The summed E-state index contributed by atoms with van der Waals surface area (Å²) >= 11 is 0. The molecular formula is C21H29FN3O3S+. The fourth-order valence-electron chi connectivity index (χ4n) is 2.89. The predicted molar refractivity (Wildman–Crippen MR) is 111 cm³/mol. The maximum Gasteiger partial charge on any atom is 0.254 e. The summed E-state index contributed by atoms with van der Waals surface area (Å²) in [5, 5.41) is 2.65. The van der Waals surface area contributed by atoms with Crippen molar-refractivity contribution >= 4 is 15.9 Å². The Bertz CT molecular complexity index is 940. The van der Waals surface area contributed by atoms with Crippen LogP contribution < -0.4 is 10.2 Å². The predicted octanol–water partition coefficient (Wildman–Crippen LogP) is 1.43. The number of hydrogen-bond acceptors (Lipinski definition) is 3. The number of quaternary nitrogens is 1. The van der Waals surface area contributed by atoms with E-state index in [9.17, 15) is 17.6 Å². The van der Waals surface area contributed by atoms with Crippen LogP contribution in [0.2, 0.25) is 0 Å². The quantitative estimate of drug-likeness (QED) is 0.642. The Hall–Kier alpha value is -2.29. The van der Waals surface area contributed by atoms with Gasteiger partial charge in [-0.2, -0.15) is 0 Å². The van der Waals surface area contributed by atoms with Gasteiger partial charge in [0.15, 0.2) is 0 Å². The van der Waals surface area contributed by atoms with Crippen LogP contribution in [0.1, 0.15) is 35.3 Å². The highest BCUT2D eigenvalue weighted by Gasteiger charge is 2.21. The third-order valence-corrected chi connectivity index (χ3v) is 6.70. The van der Waals surface area contributed by atoms with Gasteiger partial charge < -0.3 is 10.2 Å². The van der Waals surface area contributed by atoms with Crippen LogP contribution in [0.5, 0.6) is 0 Å². The summed E-state index contributed by atoms with van der Waals surface area (Å²) < 4.78 is 39.6. The Morgan fingerprint density at radius 1 is 1.03 bits per heavy atom. The Labute approximate surface area is 172 Å². The minimum Gasteiger partial charge on any atom is -0.348 e. The van der Waals surface area contributed by atoms with Crippen molar-refractivity contribution in [2.45, 2.75) is 31.8 Å². The van der Waals surface area contributed by atoms with Gasteiger partial charge in [-0.05, 0) is 37.6 Å². The van der Waals surface area contributed by atoms with Crippen LogP contribution in [0, 0.1) is 5.82 Å². The summed E-state index contributed by atoms with van der Waals surface area (Å²) in [6, 6.07) is 11.1. The molecule has 0 fully saturated rings. The van der Waals surface area contributed by atoms with Crippen molar-refractivity contribution in [3.05, 3.63) is 65.0 Å². The second-order valence-corrected chi connectivity index (χ2v) is 9.21. The van der Waals surface area contributed by atoms with E-state index in [2.05, 4.69) is 19.2 Å². The summed E-state index contributed by atoms with van der Waals surface area (Å²) in [6.45, 7) is 7.59. The molecule has 0 aromatic heterocycles. The van der Waals surface area contributed by atoms with Crippen LogP contribution in [-0.2, 0) is 23.1 Å². The highest BCUT2D eigenvalue weighted by Crippen LogP contribution is 2.18. The highest BCUT2D eigenvalue weighted by molar-refractivity contribution is 7.89. The number of amides is 1. The maximum absolute atomic E-state index is 14.1. The molecule has 0 spiro atoms. The van der Waals surface area contributed by atoms with E-state index in [1.54, 1.807) is 0 Å².